The maximum absolute atomic E-state index is 12.8. The Morgan fingerprint density at radius 3 is 2.63 bits per heavy atom. The normalized spacial score (nSPS) is 11.0. The van der Waals surface area contributed by atoms with Gasteiger partial charge in [0.2, 0.25) is 0 Å². The maximum Gasteiger partial charge on any atom is 0.416 e. The van der Waals surface area contributed by atoms with Crippen LogP contribution in [-0.2, 0) is 6.18 Å². The highest BCUT2D eigenvalue weighted by Gasteiger charge is 2.31. The predicted octanol–water partition coefficient (Wildman–Crippen LogP) is 5.27. The number of rotatable bonds is 5. The number of hydrogen-bond donors (Lipinski definition) is 2. The molecule has 0 aromatic heterocycles. The van der Waals surface area contributed by atoms with E-state index in [1.807, 2.05) is 6.92 Å². The van der Waals surface area contributed by atoms with Crippen LogP contribution < -0.4 is 15.4 Å². The Bertz CT molecular complexity index is 844. The summed E-state index contributed by atoms with van der Waals surface area (Å²) >= 11 is 10.9. The van der Waals surface area contributed by atoms with Gasteiger partial charge in [-0.05, 0) is 55.0 Å². The van der Waals surface area contributed by atoms with Crippen molar-refractivity contribution in [1.82, 2.24) is 5.32 Å². The van der Waals surface area contributed by atoms with Crippen molar-refractivity contribution in [3.05, 3.63) is 58.6 Å². The number of benzene rings is 2. The number of anilines is 1. The minimum Gasteiger partial charge on any atom is -0.494 e. The lowest BCUT2D eigenvalue weighted by Crippen LogP contribution is -2.34. The molecule has 2 N–H and O–H groups in total. The van der Waals surface area contributed by atoms with E-state index < -0.39 is 17.6 Å². The van der Waals surface area contributed by atoms with Gasteiger partial charge in [-0.25, -0.2) is 0 Å². The number of hydrogen-bond acceptors (Lipinski definition) is 3. The quantitative estimate of drug-likeness (QED) is 0.651. The number of carbonyl (C=O) groups is 1. The van der Waals surface area contributed by atoms with Gasteiger partial charge >= 0.3 is 6.18 Å². The fourth-order valence-corrected chi connectivity index (χ4v) is 2.44. The van der Waals surface area contributed by atoms with Gasteiger partial charge in [0, 0.05) is 5.56 Å². The number of alkyl halides is 3. The van der Waals surface area contributed by atoms with Gasteiger partial charge in [0.05, 0.1) is 22.9 Å². The Balaban J connectivity index is 2.06. The van der Waals surface area contributed by atoms with Crippen LogP contribution in [0.25, 0.3) is 0 Å². The molecule has 0 radical (unpaired) electrons. The molecule has 2 aromatic rings. The standard InChI is InChI=1S/C18H16ClF3N2O2S/c1-2-8-26-13-5-3-4-11(9-13)16(25)24-17(27)23-15-10-12(18(20,21)22)6-7-14(15)19/h3-7,9-10H,2,8H2,1H3,(H2,23,24,25,27). The SMILES string of the molecule is CCCOc1cccc(C(=O)NC(=S)Nc2cc(C(F)(F)F)ccc2Cl)c1. The van der Waals surface area contributed by atoms with E-state index in [1.165, 1.54) is 0 Å². The van der Waals surface area contributed by atoms with Crippen LogP contribution in [0.15, 0.2) is 42.5 Å². The zero-order valence-corrected chi connectivity index (χ0v) is 15.8. The summed E-state index contributed by atoms with van der Waals surface area (Å²) in [5, 5.41) is 4.77. The molecule has 144 valence electrons. The number of ether oxygens (including phenoxy) is 1. The first-order chi connectivity index (χ1) is 12.7. The van der Waals surface area contributed by atoms with Gasteiger partial charge in [-0.15, -0.1) is 0 Å². The van der Waals surface area contributed by atoms with Crippen molar-refractivity contribution in [1.29, 1.82) is 0 Å². The maximum atomic E-state index is 12.8. The van der Waals surface area contributed by atoms with Crippen molar-refractivity contribution in [2.24, 2.45) is 0 Å². The minimum atomic E-state index is -4.52. The van der Waals surface area contributed by atoms with Crippen LogP contribution in [0.4, 0.5) is 18.9 Å². The van der Waals surface area contributed by atoms with E-state index in [4.69, 9.17) is 28.6 Å². The summed E-state index contributed by atoms with van der Waals surface area (Å²) in [5.41, 5.74) is -0.649. The lowest BCUT2D eigenvalue weighted by molar-refractivity contribution is -0.137. The summed E-state index contributed by atoms with van der Waals surface area (Å²) in [7, 11) is 0. The first kappa shape index (κ1) is 21.0. The third-order valence-electron chi connectivity index (χ3n) is 3.34. The molecular formula is C18H16ClF3N2O2S. The van der Waals surface area contributed by atoms with Crippen molar-refractivity contribution in [2.45, 2.75) is 19.5 Å². The van der Waals surface area contributed by atoms with Crippen LogP contribution in [0.5, 0.6) is 5.75 Å². The third kappa shape index (κ3) is 6.11. The molecule has 0 spiro atoms. The molecule has 0 atom stereocenters. The second kappa shape index (κ2) is 9.05. The summed E-state index contributed by atoms with van der Waals surface area (Å²) in [6.07, 6.45) is -3.70. The van der Waals surface area contributed by atoms with E-state index in [0.29, 0.717) is 17.9 Å². The molecule has 0 aliphatic rings. The van der Waals surface area contributed by atoms with Crippen LogP contribution in [0.1, 0.15) is 29.3 Å². The highest BCUT2D eigenvalue weighted by molar-refractivity contribution is 7.80. The fraction of sp³-hybridized carbons (Fsp3) is 0.222. The van der Waals surface area contributed by atoms with Crippen LogP contribution in [0.2, 0.25) is 5.02 Å². The second-order valence-electron chi connectivity index (χ2n) is 5.48. The lowest BCUT2D eigenvalue weighted by atomic mass is 10.2. The molecular weight excluding hydrogens is 401 g/mol. The smallest absolute Gasteiger partial charge is 0.416 e. The molecule has 0 unspecified atom stereocenters. The second-order valence-corrected chi connectivity index (χ2v) is 6.29. The molecule has 0 bridgehead atoms. The lowest BCUT2D eigenvalue weighted by Gasteiger charge is -2.14. The largest absolute Gasteiger partial charge is 0.494 e. The van der Waals surface area contributed by atoms with E-state index in [-0.39, 0.29) is 15.8 Å². The third-order valence-corrected chi connectivity index (χ3v) is 3.87. The molecule has 0 aliphatic carbocycles. The van der Waals surface area contributed by atoms with Gasteiger partial charge in [-0.3, -0.25) is 10.1 Å². The Kier molecular flexibility index (Phi) is 7.04. The van der Waals surface area contributed by atoms with Crippen LogP contribution in [0, 0.1) is 0 Å². The Hall–Kier alpha value is -2.32. The number of nitrogens with one attached hydrogen (secondary N) is 2. The van der Waals surface area contributed by atoms with E-state index in [0.717, 1.165) is 24.6 Å². The average molecular weight is 417 g/mol. The highest BCUT2D eigenvalue weighted by atomic mass is 35.5. The average Bonchev–Trinajstić information content (AvgIpc) is 2.61. The van der Waals surface area contributed by atoms with E-state index >= 15 is 0 Å². The monoisotopic (exact) mass is 416 g/mol. The van der Waals surface area contributed by atoms with Gasteiger partial charge in [0.1, 0.15) is 5.75 Å². The molecule has 4 nitrogen and oxygen atoms in total. The van der Waals surface area contributed by atoms with E-state index in [1.54, 1.807) is 24.3 Å². The molecule has 0 heterocycles. The predicted molar refractivity (Wildman–Crippen MR) is 102 cm³/mol. The number of halogens is 4. The molecule has 2 aromatic carbocycles. The first-order valence-electron chi connectivity index (χ1n) is 7.92. The molecule has 0 saturated heterocycles. The van der Waals surface area contributed by atoms with Gasteiger partial charge in [-0.1, -0.05) is 24.6 Å². The van der Waals surface area contributed by atoms with Crippen molar-refractivity contribution in [2.75, 3.05) is 11.9 Å². The molecule has 0 fully saturated rings. The molecule has 0 saturated carbocycles. The fourth-order valence-electron chi connectivity index (χ4n) is 2.07. The Morgan fingerprint density at radius 2 is 1.96 bits per heavy atom. The summed E-state index contributed by atoms with van der Waals surface area (Å²) < 4.78 is 43.9. The van der Waals surface area contributed by atoms with Crippen LogP contribution in [-0.4, -0.2) is 17.6 Å². The summed E-state index contributed by atoms with van der Waals surface area (Å²) in [6.45, 7) is 2.47. The van der Waals surface area contributed by atoms with Crippen molar-refractivity contribution in [3.8, 4) is 5.75 Å². The number of amides is 1. The molecule has 27 heavy (non-hydrogen) atoms. The van der Waals surface area contributed by atoms with Crippen LogP contribution >= 0.6 is 23.8 Å². The molecule has 1 amide bonds. The van der Waals surface area contributed by atoms with Gasteiger partial charge < -0.3 is 10.1 Å². The number of thiocarbonyl (C=S) groups is 1. The highest BCUT2D eigenvalue weighted by Crippen LogP contribution is 2.33. The van der Waals surface area contributed by atoms with E-state index in [9.17, 15) is 18.0 Å². The van der Waals surface area contributed by atoms with E-state index in [2.05, 4.69) is 10.6 Å². The molecule has 2 rings (SSSR count). The molecule has 0 aliphatic heterocycles. The summed E-state index contributed by atoms with van der Waals surface area (Å²) in [6, 6.07) is 9.26. The minimum absolute atomic E-state index is 0.0366. The van der Waals surface area contributed by atoms with Crippen molar-refractivity contribution < 1.29 is 22.7 Å². The van der Waals surface area contributed by atoms with Gasteiger partial charge in [-0.2, -0.15) is 13.2 Å². The van der Waals surface area contributed by atoms with Crippen LogP contribution in [0.3, 0.4) is 0 Å². The zero-order chi connectivity index (χ0) is 20.0. The number of carbonyl (C=O) groups excluding carboxylic acids is 1. The van der Waals surface area contributed by atoms with Gasteiger partial charge in [0.15, 0.2) is 5.11 Å². The Morgan fingerprint density at radius 1 is 1.22 bits per heavy atom. The Labute approximate surface area is 164 Å². The zero-order valence-electron chi connectivity index (χ0n) is 14.2. The summed E-state index contributed by atoms with van der Waals surface area (Å²) in [5.74, 6) is 0.00171. The first-order valence-corrected chi connectivity index (χ1v) is 8.71. The summed E-state index contributed by atoms with van der Waals surface area (Å²) in [4.78, 5) is 12.3. The van der Waals surface area contributed by atoms with Gasteiger partial charge in [0.25, 0.3) is 5.91 Å². The molecule has 9 heteroatoms. The van der Waals surface area contributed by atoms with Crippen molar-refractivity contribution in [3.63, 3.8) is 0 Å². The topological polar surface area (TPSA) is 50.4 Å². The van der Waals surface area contributed by atoms with Crippen molar-refractivity contribution >= 4 is 40.5 Å².